The lowest BCUT2D eigenvalue weighted by molar-refractivity contribution is -0.137. The summed E-state index contributed by atoms with van der Waals surface area (Å²) in [7, 11) is 0. The van der Waals surface area contributed by atoms with E-state index in [9.17, 15) is 14.0 Å². The Bertz CT molecular complexity index is 994. The highest BCUT2D eigenvalue weighted by Crippen LogP contribution is 2.21. The van der Waals surface area contributed by atoms with Gasteiger partial charge in [0.25, 0.3) is 5.91 Å². The minimum Gasteiger partial charge on any atom is -0.480 e. The van der Waals surface area contributed by atoms with Gasteiger partial charge >= 0.3 is 5.97 Å². The maximum Gasteiger partial charge on any atom is 0.325 e. The van der Waals surface area contributed by atoms with Crippen molar-refractivity contribution in [2.75, 3.05) is 5.32 Å². The minimum absolute atomic E-state index is 0.115. The molecule has 10 heteroatoms. The van der Waals surface area contributed by atoms with Crippen LogP contribution < -0.4 is 5.32 Å². The monoisotopic (exact) mass is 391 g/mol. The van der Waals surface area contributed by atoms with E-state index in [-0.39, 0.29) is 24.5 Å². The number of carbonyl (C=O) groups excluding carboxylic acids is 1. The normalized spacial score (nSPS) is 10.8. The van der Waals surface area contributed by atoms with E-state index in [4.69, 9.17) is 16.7 Å². The van der Waals surface area contributed by atoms with E-state index in [0.29, 0.717) is 16.3 Å². The molecule has 27 heavy (non-hydrogen) atoms. The molecule has 1 amide bonds. The molecule has 0 aliphatic carbocycles. The van der Waals surface area contributed by atoms with E-state index in [1.165, 1.54) is 29.2 Å². The predicted octanol–water partition coefficient (Wildman–Crippen LogP) is 2.57. The molecular weight excluding hydrogens is 377 g/mol. The second kappa shape index (κ2) is 7.58. The lowest BCUT2D eigenvalue weighted by Crippen LogP contribution is -2.13. The van der Waals surface area contributed by atoms with Crippen LogP contribution >= 0.6 is 11.6 Å². The Kier molecular flexibility index (Phi) is 5.22. The van der Waals surface area contributed by atoms with Crippen molar-refractivity contribution >= 4 is 29.3 Å². The van der Waals surface area contributed by atoms with Gasteiger partial charge in [-0.3, -0.25) is 19.0 Å². The third kappa shape index (κ3) is 4.32. The molecule has 0 saturated heterocycles. The maximum atomic E-state index is 14.0. The van der Waals surface area contributed by atoms with Crippen molar-refractivity contribution in [2.45, 2.75) is 20.0 Å². The second-order valence-electron chi connectivity index (χ2n) is 5.80. The van der Waals surface area contributed by atoms with Crippen LogP contribution in [0.1, 0.15) is 21.6 Å². The van der Waals surface area contributed by atoms with Gasteiger partial charge in [-0.1, -0.05) is 17.7 Å². The number of aryl methyl sites for hydroxylation is 1. The van der Waals surface area contributed by atoms with Crippen LogP contribution in [0.15, 0.2) is 36.7 Å². The maximum absolute atomic E-state index is 14.0. The number of aliphatic carboxylic acids is 1. The van der Waals surface area contributed by atoms with Crippen LogP contribution in [0.3, 0.4) is 0 Å². The standard InChI is InChI=1S/C17H15ClFN5O3/c1-10-5-15(21-17(27)11-6-20-23(7-11)9-16(25)26)22-24(10)8-12-13(18)3-2-4-14(12)19/h2-7H,8-9H2,1H3,(H,25,26)(H,21,22,27). The molecule has 8 nitrogen and oxygen atoms in total. The summed E-state index contributed by atoms with van der Waals surface area (Å²) >= 11 is 6.04. The molecule has 2 N–H and O–H groups in total. The number of carboxylic acids is 1. The Hall–Kier alpha value is -3.20. The first-order valence-electron chi connectivity index (χ1n) is 7.86. The van der Waals surface area contributed by atoms with Crippen LogP contribution in [-0.2, 0) is 17.9 Å². The van der Waals surface area contributed by atoms with Gasteiger partial charge in [0, 0.05) is 28.5 Å². The summed E-state index contributed by atoms with van der Waals surface area (Å²) in [5.41, 5.74) is 1.20. The average molecular weight is 392 g/mol. The largest absolute Gasteiger partial charge is 0.480 e. The number of nitrogens with zero attached hydrogens (tertiary/aromatic N) is 4. The zero-order valence-corrected chi connectivity index (χ0v) is 14.9. The molecule has 0 fully saturated rings. The van der Waals surface area contributed by atoms with Crippen molar-refractivity contribution in [1.29, 1.82) is 0 Å². The molecule has 140 valence electrons. The van der Waals surface area contributed by atoms with Gasteiger partial charge in [-0.2, -0.15) is 10.2 Å². The molecule has 0 aliphatic heterocycles. The molecule has 0 unspecified atom stereocenters. The highest BCUT2D eigenvalue weighted by Gasteiger charge is 2.14. The van der Waals surface area contributed by atoms with Crippen LogP contribution in [0.25, 0.3) is 0 Å². The smallest absolute Gasteiger partial charge is 0.325 e. The number of rotatable bonds is 6. The summed E-state index contributed by atoms with van der Waals surface area (Å²) in [6.45, 7) is 1.54. The average Bonchev–Trinajstić information content (AvgIpc) is 3.17. The lowest BCUT2D eigenvalue weighted by Gasteiger charge is -2.07. The quantitative estimate of drug-likeness (QED) is 0.672. The fourth-order valence-electron chi connectivity index (χ4n) is 2.46. The van der Waals surface area contributed by atoms with Crippen LogP contribution in [0.4, 0.5) is 10.2 Å². The Morgan fingerprint density at radius 2 is 2.15 bits per heavy atom. The van der Waals surface area contributed by atoms with Crippen LogP contribution in [0, 0.1) is 12.7 Å². The van der Waals surface area contributed by atoms with Crippen molar-refractivity contribution in [3.63, 3.8) is 0 Å². The van der Waals surface area contributed by atoms with E-state index in [0.717, 1.165) is 4.68 Å². The molecule has 0 saturated carbocycles. The molecule has 0 radical (unpaired) electrons. The van der Waals surface area contributed by atoms with Gasteiger partial charge in [0.05, 0.1) is 18.3 Å². The topological polar surface area (TPSA) is 102 Å². The summed E-state index contributed by atoms with van der Waals surface area (Å²) in [5.74, 6) is -1.71. The van der Waals surface area contributed by atoms with Gasteiger partial charge in [0.1, 0.15) is 12.4 Å². The van der Waals surface area contributed by atoms with E-state index in [2.05, 4.69) is 15.5 Å². The molecule has 0 aliphatic rings. The van der Waals surface area contributed by atoms with Crippen molar-refractivity contribution < 1.29 is 19.1 Å². The molecule has 2 aromatic heterocycles. The van der Waals surface area contributed by atoms with Gasteiger partial charge in [0.2, 0.25) is 0 Å². The number of hydrogen-bond donors (Lipinski definition) is 2. The zero-order valence-electron chi connectivity index (χ0n) is 14.2. The molecule has 2 heterocycles. The van der Waals surface area contributed by atoms with Gasteiger partial charge in [-0.05, 0) is 19.1 Å². The number of amides is 1. The second-order valence-corrected chi connectivity index (χ2v) is 6.21. The summed E-state index contributed by atoms with van der Waals surface area (Å²) in [6, 6.07) is 6.06. The van der Waals surface area contributed by atoms with Gasteiger partial charge < -0.3 is 10.4 Å². The Morgan fingerprint density at radius 1 is 1.37 bits per heavy atom. The fraction of sp³-hybridized carbons (Fsp3) is 0.176. The van der Waals surface area contributed by atoms with Crippen LogP contribution in [-0.4, -0.2) is 36.5 Å². The SMILES string of the molecule is Cc1cc(NC(=O)c2cnn(CC(=O)O)c2)nn1Cc1c(F)cccc1Cl. The van der Waals surface area contributed by atoms with Gasteiger partial charge in [-0.25, -0.2) is 4.39 Å². The summed E-state index contributed by atoms with van der Waals surface area (Å²) in [4.78, 5) is 22.9. The number of carbonyl (C=O) groups is 2. The third-order valence-electron chi connectivity index (χ3n) is 3.79. The minimum atomic E-state index is -1.06. The molecule has 1 aromatic carbocycles. The first kappa shape index (κ1) is 18.6. The van der Waals surface area contributed by atoms with Crippen LogP contribution in [0.5, 0.6) is 0 Å². The van der Waals surface area contributed by atoms with Crippen molar-refractivity contribution in [1.82, 2.24) is 19.6 Å². The third-order valence-corrected chi connectivity index (χ3v) is 4.14. The highest BCUT2D eigenvalue weighted by atomic mass is 35.5. The molecule has 0 bridgehead atoms. The van der Waals surface area contributed by atoms with Gasteiger partial charge in [-0.15, -0.1) is 0 Å². The van der Waals surface area contributed by atoms with Crippen molar-refractivity contribution in [3.05, 3.63) is 64.3 Å². The summed E-state index contributed by atoms with van der Waals surface area (Å²) in [5, 5.41) is 19.7. The van der Waals surface area contributed by atoms with Crippen molar-refractivity contribution in [2.24, 2.45) is 0 Å². The van der Waals surface area contributed by atoms with Crippen molar-refractivity contribution in [3.8, 4) is 0 Å². The van der Waals surface area contributed by atoms with E-state index in [1.54, 1.807) is 19.1 Å². The molecular formula is C17H15ClFN5O3. The molecule has 0 spiro atoms. The Balaban J connectivity index is 1.73. The number of hydrogen-bond acceptors (Lipinski definition) is 4. The highest BCUT2D eigenvalue weighted by molar-refractivity contribution is 6.31. The van der Waals surface area contributed by atoms with Crippen LogP contribution in [0.2, 0.25) is 5.02 Å². The fourth-order valence-corrected chi connectivity index (χ4v) is 2.68. The first-order valence-corrected chi connectivity index (χ1v) is 8.24. The lowest BCUT2D eigenvalue weighted by atomic mass is 10.2. The molecule has 0 atom stereocenters. The number of halogens is 2. The number of aromatic nitrogens is 4. The molecule has 3 aromatic rings. The predicted molar refractivity (Wildman–Crippen MR) is 95.3 cm³/mol. The zero-order chi connectivity index (χ0) is 19.6. The molecule has 3 rings (SSSR count). The number of carboxylic acid groups (broad SMARTS) is 1. The summed E-state index contributed by atoms with van der Waals surface area (Å²) in [6.07, 6.45) is 2.59. The Labute approximate surface area is 158 Å². The Morgan fingerprint density at radius 3 is 2.85 bits per heavy atom. The van der Waals surface area contributed by atoms with E-state index in [1.807, 2.05) is 0 Å². The van der Waals surface area contributed by atoms with E-state index >= 15 is 0 Å². The van der Waals surface area contributed by atoms with Gasteiger partial charge in [0.15, 0.2) is 5.82 Å². The van der Waals surface area contributed by atoms with E-state index < -0.39 is 17.7 Å². The number of anilines is 1. The first-order chi connectivity index (χ1) is 12.8. The number of benzene rings is 1. The summed E-state index contributed by atoms with van der Waals surface area (Å²) < 4.78 is 16.6. The number of nitrogens with one attached hydrogen (secondary N) is 1.